The van der Waals surface area contributed by atoms with Crippen molar-refractivity contribution in [1.29, 1.82) is 0 Å². The van der Waals surface area contributed by atoms with Crippen LogP contribution < -0.4 is 5.32 Å². The van der Waals surface area contributed by atoms with Gasteiger partial charge in [-0.15, -0.1) is 0 Å². The van der Waals surface area contributed by atoms with Crippen LogP contribution in [0.1, 0.15) is 51.5 Å². The number of carbonyl (C=O) groups is 2. The number of rotatable bonds is 7. The van der Waals surface area contributed by atoms with E-state index in [1.807, 2.05) is 18.2 Å². The van der Waals surface area contributed by atoms with Crippen molar-refractivity contribution < 1.29 is 19.4 Å². The lowest BCUT2D eigenvalue weighted by atomic mass is 9.67. The van der Waals surface area contributed by atoms with Crippen LogP contribution in [0.15, 0.2) is 30.3 Å². The molecular formula is C19H27NO4. The molecule has 1 aliphatic heterocycles. The van der Waals surface area contributed by atoms with E-state index in [1.54, 1.807) is 0 Å². The maximum atomic E-state index is 11.8. The van der Waals surface area contributed by atoms with E-state index in [0.29, 0.717) is 13.2 Å². The molecule has 0 spiro atoms. The van der Waals surface area contributed by atoms with E-state index < -0.39 is 5.97 Å². The van der Waals surface area contributed by atoms with Crippen molar-refractivity contribution >= 4 is 11.9 Å². The van der Waals surface area contributed by atoms with Crippen molar-refractivity contribution in [3.8, 4) is 0 Å². The average Bonchev–Trinajstić information content (AvgIpc) is 2.53. The third-order valence-corrected chi connectivity index (χ3v) is 4.72. The molecule has 1 amide bonds. The van der Waals surface area contributed by atoms with Crippen LogP contribution in [0.25, 0.3) is 0 Å². The van der Waals surface area contributed by atoms with Gasteiger partial charge in [0.25, 0.3) is 0 Å². The van der Waals surface area contributed by atoms with Crippen LogP contribution in [0.4, 0.5) is 0 Å². The molecule has 5 nitrogen and oxygen atoms in total. The zero-order valence-corrected chi connectivity index (χ0v) is 14.5. The highest BCUT2D eigenvalue weighted by Gasteiger charge is 2.41. The molecule has 132 valence electrons. The summed E-state index contributed by atoms with van der Waals surface area (Å²) in [4.78, 5) is 22.3. The molecule has 1 aliphatic rings. The highest BCUT2D eigenvalue weighted by atomic mass is 16.5. The molecule has 0 unspecified atom stereocenters. The summed E-state index contributed by atoms with van der Waals surface area (Å²) in [5, 5.41) is 11.5. The van der Waals surface area contributed by atoms with E-state index >= 15 is 0 Å². The number of amides is 1. The highest BCUT2D eigenvalue weighted by molar-refractivity contribution is 5.80. The van der Waals surface area contributed by atoms with Crippen LogP contribution in [0.3, 0.4) is 0 Å². The van der Waals surface area contributed by atoms with Crippen molar-refractivity contribution in [2.75, 3.05) is 13.2 Å². The van der Waals surface area contributed by atoms with Gasteiger partial charge in [-0.25, -0.2) is 0 Å². The van der Waals surface area contributed by atoms with Crippen LogP contribution in [-0.2, 0) is 19.7 Å². The minimum Gasteiger partial charge on any atom is -0.481 e. The van der Waals surface area contributed by atoms with Crippen molar-refractivity contribution in [3.05, 3.63) is 35.9 Å². The Hall–Kier alpha value is -1.88. The fourth-order valence-corrected chi connectivity index (χ4v) is 3.62. The van der Waals surface area contributed by atoms with Crippen LogP contribution >= 0.6 is 0 Å². The molecule has 2 N–H and O–H groups in total. The first-order valence-corrected chi connectivity index (χ1v) is 8.51. The van der Waals surface area contributed by atoms with Gasteiger partial charge >= 0.3 is 5.97 Å². The maximum absolute atomic E-state index is 11.8. The Labute approximate surface area is 143 Å². The van der Waals surface area contributed by atoms with Gasteiger partial charge in [-0.1, -0.05) is 30.3 Å². The second-order valence-corrected chi connectivity index (χ2v) is 7.17. The second kappa shape index (κ2) is 7.79. The van der Waals surface area contributed by atoms with Gasteiger partial charge in [0.05, 0.1) is 12.0 Å². The van der Waals surface area contributed by atoms with Gasteiger partial charge in [-0.05, 0) is 38.7 Å². The lowest BCUT2D eigenvalue weighted by Gasteiger charge is -2.45. The van der Waals surface area contributed by atoms with Gasteiger partial charge < -0.3 is 15.2 Å². The summed E-state index contributed by atoms with van der Waals surface area (Å²) in [6, 6.07) is 10.4. The topological polar surface area (TPSA) is 75.6 Å². The van der Waals surface area contributed by atoms with E-state index in [9.17, 15) is 9.59 Å². The quantitative estimate of drug-likeness (QED) is 0.804. The van der Waals surface area contributed by atoms with E-state index in [2.05, 4.69) is 31.3 Å². The molecule has 0 aliphatic carbocycles. The van der Waals surface area contributed by atoms with Gasteiger partial charge in [0, 0.05) is 25.0 Å². The summed E-state index contributed by atoms with van der Waals surface area (Å²) in [5.41, 5.74) is 1.06. The van der Waals surface area contributed by atoms with Gasteiger partial charge in [0.1, 0.15) is 0 Å². The molecule has 1 atom stereocenters. The third kappa shape index (κ3) is 5.06. The Morgan fingerprint density at radius 2 is 1.92 bits per heavy atom. The average molecular weight is 333 g/mol. The van der Waals surface area contributed by atoms with Crippen molar-refractivity contribution in [2.24, 2.45) is 0 Å². The predicted molar refractivity (Wildman–Crippen MR) is 91.9 cm³/mol. The van der Waals surface area contributed by atoms with Gasteiger partial charge in [-0.2, -0.15) is 0 Å². The van der Waals surface area contributed by atoms with E-state index in [-0.39, 0.29) is 29.8 Å². The number of benzene rings is 1. The Balaban J connectivity index is 2.02. The molecule has 5 heteroatoms. The van der Waals surface area contributed by atoms with Crippen LogP contribution in [0.5, 0.6) is 0 Å². The first kappa shape index (κ1) is 18.5. The first-order chi connectivity index (χ1) is 11.3. The van der Waals surface area contributed by atoms with Gasteiger partial charge in [0.15, 0.2) is 0 Å². The molecule has 1 heterocycles. The summed E-state index contributed by atoms with van der Waals surface area (Å²) in [7, 11) is 0. The monoisotopic (exact) mass is 333 g/mol. The molecule has 24 heavy (non-hydrogen) atoms. The minimum atomic E-state index is -0.947. The fraction of sp³-hybridized carbons (Fsp3) is 0.579. The van der Waals surface area contributed by atoms with Gasteiger partial charge in [0.2, 0.25) is 5.91 Å². The highest BCUT2D eigenvalue weighted by Crippen LogP contribution is 2.43. The van der Waals surface area contributed by atoms with E-state index in [4.69, 9.17) is 9.84 Å². The van der Waals surface area contributed by atoms with Crippen LogP contribution in [-0.4, -0.2) is 35.7 Å². The molecule has 1 aromatic carbocycles. The lowest BCUT2D eigenvalue weighted by molar-refractivity contribution is -0.138. The molecule has 1 saturated heterocycles. The number of carboxylic acids is 1. The largest absolute Gasteiger partial charge is 0.481 e. The summed E-state index contributed by atoms with van der Waals surface area (Å²) in [6.07, 6.45) is 2.54. The SMILES string of the molecule is CC1(C)C[C@](CCNC(=O)CCC(=O)O)(c2ccccc2)CCO1. The normalized spacial score (nSPS) is 22.8. The molecule has 1 aromatic rings. The Kier molecular flexibility index (Phi) is 5.99. The third-order valence-electron chi connectivity index (χ3n) is 4.72. The Bertz CT molecular complexity index is 570. The number of carboxylic acid groups (broad SMARTS) is 1. The second-order valence-electron chi connectivity index (χ2n) is 7.17. The fourth-order valence-electron chi connectivity index (χ4n) is 3.62. The first-order valence-electron chi connectivity index (χ1n) is 8.51. The van der Waals surface area contributed by atoms with Crippen molar-refractivity contribution in [1.82, 2.24) is 5.32 Å². The maximum Gasteiger partial charge on any atom is 0.303 e. The van der Waals surface area contributed by atoms with E-state index in [0.717, 1.165) is 19.3 Å². The number of hydrogen-bond donors (Lipinski definition) is 2. The molecule has 0 radical (unpaired) electrons. The molecule has 1 fully saturated rings. The van der Waals surface area contributed by atoms with E-state index in [1.165, 1.54) is 5.56 Å². The summed E-state index contributed by atoms with van der Waals surface area (Å²) in [6.45, 7) is 5.46. The predicted octanol–water partition coefficient (Wildman–Crippen LogP) is 2.88. The smallest absolute Gasteiger partial charge is 0.303 e. The Morgan fingerprint density at radius 3 is 2.54 bits per heavy atom. The Morgan fingerprint density at radius 1 is 1.21 bits per heavy atom. The number of ether oxygens (including phenoxy) is 1. The number of aliphatic carboxylic acids is 1. The van der Waals surface area contributed by atoms with Crippen molar-refractivity contribution in [3.63, 3.8) is 0 Å². The van der Waals surface area contributed by atoms with Gasteiger partial charge in [-0.3, -0.25) is 9.59 Å². The number of carbonyl (C=O) groups excluding carboxylic acids is 1. The molecule has 0 aromatic heterocycles. The lowest BCUT2D eigenvalue weighted by Crippen LogP contribution is -2.45. The molecular weight excluding hydrogens is 306 g/mol. The molecule has 0 saturated carbocycles. The number of nitrogens with one attached hydrogen (secondary N) is 1. The molecule has 0 bridgehead atoms. The number of hydrogen-bond acceptors (Lipinski definition) is 3. The summed E-state index contributed by atoms with van der Waals surface area (Å²) < 4.78 is 5.88. The minimum absolute atomic E-state index is 0.0247. The zero-order valence-electron chi connectivity index (χ0n) is 14.5. The summed E-state index contributed by atoms with van der Waals surface area (Å²) >= 11 is 0. The van der Waals surface area contributed by atoms with Crippen LogP contribution in [0, 0.1) is 0 Å². The summed E-state index contributed by atoms with van der Waals surface area (Å²) in [5.74, 6) is -1.15. The standard InChI is InChI=1S/C19H27NO4/c1-18(2)14-19(11-13-24-18,15-6-4-3-5-7-15)10-12-20-16(21)8-9-17(22)23/h3-7H,8-14H2,1-2H3,(H,20,21)(H,22,23)/t19-/m1/s1. The molecule has 2 rings (SSSR count). The van der Waals surface area contributed by atoms with Crippen LogP contribution in [0.2, 0.25) is 0 Å². The zero-order chi connectivity index (χ0) is 17.6. The van der Waals surface area contributed by atoms with Crippen molar-refractivity contribution in [2.45, 2.75) is 57.0 Å².